The fraction of sp³-hybridized carbons (Fsp3) is 0.143. The first kappa shape index (κ1) is 30.9. The van der Waals surface area contributed by atoms with Crippen molar-refractivity contribution in [2.45, 2.75) is 12.8 Å². The average Bonchev–Trinajstić information content (AvgIpc) is 3.37. The Labute approximate surface area is 252 Å². The third-order valence-corrected chi connectivity index (χ3v) is 5.83. The van der Waals surface area contributed by atoms with Crippen LogP contribution in [0.4, 0.5) is 0 Å². The summed E-state index contributed by atoms with van der Waals surface area (Å²) < 4.78 is 10.8. The van der Waals surface area contributed by atoms with Crippen LogP contribution in [0.1, 0.15) is 22.3 Å². The number of hydrogen-bond donors (Lipinski definition) is 0. The van der Waals surface area contributed by atoms with E-state index >= 15 is 0 Å². The molecule has 168 valence electrons. The molecular formula is C28H22Cl2O2Zr2. The third-order valence-electron chi connectivity index (χ3n) is 5.83. The minimum atomic E-state index is 0. The maximum absolute atomic E-state index is 5.39. The quantitative estimate of drug-likeness (QED) is 0.250. The Bertz CT molecular complexity index is 1150. The van der Waals surface area contributed by atoms with Gasteiger partial charge in [0.2, 0.25) is 0 Å². The molecule has 6 rings (SSSR count). The van der Waals surface area contributed by atoms with Crippen molar-refractivity contribution in [3.63, 3.8) is 0 Å². The number of benzene rings is 4. The van der Waals surface area contributed by atoms with E-state index in [2.05, 4.69) is 60.7 Å². The molecule has 0 saturated carbocycles. The van der Waals surface area contributed by atoms with Crippen LogP contribution in [0.2, 0.25) is 0 Å². The van der Waals surface area contributed by atoms with Crippen molar-refractivity contribution >= 4 is 0 Å². The summed E-state index contributed by atoms with van der Waals surface area (Å²) in [5, 5.41) is 0. The van der Waals surface area contributed by atoms with E-state index in [1.165, 1.54) is 44.5 Å². The van der Waals surface area contributed by atoms with E-state index in [-0.39, 0.29) is 77.2 Å². The predicted molar refractivity (Wildman–Crippen MR) is 120 cm³/mol. The molecule has 4 aromatic carbocycles. The molecular weight excluding hydrogens is 622 g/mol. The maximum atomic E-state index is 5.39. The largest absolute Gasteiger partial charge is 2.00 e. The first-order chi connectivity index (χ1) is 14.8. The molecule has 0 N–H and O–H groups in total. The zero-order valence-corrected chi connectivity index (χ0v) is 25.3. The third kappa shape index (κ3) is 5.79. The van der Waals surface area contributed by atoms with Gasteiger partial charge in [-0.2, -0.15) is 24.3 Å². The standard InChI is InChI=1S/2C14H11O.2ClH.2Zr/c2*1-15-13-8-4-6-11-9-10-5-2-3-7-12(10)14(11)13;;;;/h2*2-5,7-8H,9H2,1H3;2*1H;;/q2*-1;;;2*+2/p-2. The summed E-state index contributed by atoms with van der Waals surface area (Å²) in [6.07, 6.45) is 1.95. The van der Waals surface area contributed by atoms with Gasteiger partial charge in [-0.1, -0.05) is 70.8 Å². The van der Waals surface area contributed by atoms with Crippen molar-refractivity contribution in [1.82, 2.24) is 0 Å². The van der Waals surface area contributed by atoms with Crippen molar-refractivity contribution in [3.8, 4) is 33.8 Å². The Morgan fingerprint density at radius 3 is 1.35 bits per heavy atom. The SMILES string of the molecule is COc1cc[c-]c2c1-c1ccccc1C2.COc1cc[c-]c2c1-c1ccccc1C2.[Cl-].[Cl-].[Zr+2].[Zr+2]. The topological polar surface area (TPSA) is 18.5 Å². The molecule has 2 aliphatic rings. The molecule has 4 aromatic rings. The number of rotatable bonds is 2. The molecule has 0 aromatic heterocycles. The molecule has 2 nitrogen and oxygen atoms in total. The van der Waals surface area contributed by atoms with Crippen molar-refractivity contribution in [2.75, 3.05) is 14.2 Å². The number of fused-ring (bicyclic) bond motifs is 6. The van der Waals surface area contributed by atoms with Crippen LogP contribution in [0.25, 0.3) is 22.3 Å². The summed E-state index contributed by atoms with van der Waals surface area (Å²) in [6.45, 7) is 0. The smallest absolute Gasteiger partial charge is 1.00 e. The fourth-order valence-corrected chi connectivity index (χ4v) is 4.47. The summed E-state index contributed by atoms with van der Waals surface area (Å²) in [6, 6.07) is 31.3. The van der Waals surface area contributed by atoms with Crippen molar-refractivity contribution < 1.29 is 86.7 Å². The van der Waals surface area contributed by atoms with Crippen molar-refractivity contribution in [2.24, 2.45) is 0 Å². The van der Waals surface area contributed by atoms with Gasteiger partial charge in [0, 0.05) is 11.5 Å². The number of ether oxygens (including phenoxy) is 2. The van der Waals surface area contributed by atoms with Crippen LogP contribution in [0.5, 0.6) is 11.5 Å². The van der Waals surface area contributed by atoms with E-state index in [1.807, 2.05) is 24.3 Å². The molecule has 0 spiro atoms. The zero-order chi connectivity index (χ0) is 20.5. The van der Waals surface area contributed by atoms with Crippen LogP contribution < -0.4 is 34.3 Å². The summed E-state index contributed by atoms with van der Waals surface area (Å²) in [4.78, 5) is 0. The second-order valence-corrected chi connectivity index (χ2v) is 7.47. The zero-order valence-electron chi connectivity index (χ0n) is 18.9. The first-order valence-electron chi connectivity index (χ1n) is 10.1. The Morgan fingerprint density at radius 1 is 0.588 bits per heavy atom. The van der Waals surface area contributed by atoms with Gasteiger partial charge in [0.25, 0.3) is 0 Å². The molecule has 0 saturated heterocycles. The van der Waals surface area contributed by atoms with Gasteiger partial charge in [-0.05, 0) is 24.0 Å². The fourth-order valence-electron chi connectivity index (χ4n) is 4.47. The molecule has 0 fully saturated rings. The van der Waals surface area contributed by atoms with Crippen LogP contribution in [0.3, 0.4) is 0 Å². The van der Waals surface area contributed by atoms with E-state index in [9.17, 15) is 0 Å². The maximum Gasteiger partial charge on any atom is 2.00 e. The molecule has 0 radical (unpaired) electrons. The van der Waals surface area contributed by atoms with Crippen molar-refractivity contribution in [1.29, 1.82) is 0 Å². The molecule has 34 heavy (non-hydrogen) atoms. The van der Waals surface area contributed by atoms with E-state index < -0.39 is 0 Å². The molecule has 0 atom stereocenters. The Hall–Kier alpha value is -1.17. The van der Waals surface area contributed by atoms with Crippen LogP contribution in [0.15, 0.2) is 72.8 Å². The number of hydrogen-bond acceptors (Lipinski definition) is 2. The van der Waals surface area contributed by atoms with Crippen molar-refractivity contribution in [3.05, 3.63) is 107 Å². The number of methoxy groups -OCH3 is 2. The summed E-state index contributed by atoms with van der Waals surface area (Å²) in [5.74, 6) is 1.90. The van der Waals surface area contributed by atoms with Crippen LogP contribution in [-0.4, -0.2) is 14.2 Å². The van der Waals surface area contributed by atoms with Gasteiger partial charge in [0.1, 0.15) is 0 Å². The minimum Gasteiger partial charge on any atom is -1.00 e. The monoisotopic (exact) mass is 640 g/mol. The molecule has 0 bridgehead atoms. The van der Waals surface area contributed by atoms with E-state index in [0.29, 0.717) is 0 Å². The van der Waals surface area contributed by atoms with E-state index in [0.717, 1.165) is 24.3 Å². The minimum absolute atomic E-state index is 0. The van der Waals surface area contributed by atoms with Gasteiger partial charge in [-0.25, -0.2) is 0 Å². The second kappa shape index (κ2) is 13.8. The van der Waals surface area contributed by atoms with E-state index in [1.54, 1.807) is 14.2 Å². The summed E-state index contributed by atoms with van der Waals surface area (Å²) >= 11 is 0. The molecule has 0 amide bonds. The predicted octanol–water partition coefficient (Wildman–Crippen LogP) is 0.136. The molecule has 2 aliphatic carbocycles. The normalized spacial score (nSPS) is 10.6. The average molecular weight is 644 g/mol. The molecule has 0 aliphatic heterocycles. The summed E-state index contributed by atoms with van der Waals surface area (Å²) in [7, 11) is 3.44. The molecule has 0 heterocycles. The number of halogens is 2. The van der Waals surface area contributed by atoms with Crippen LogP contribution in [0, 0.1) is 12.1 Å². The Morgan fingerprint density at radius 2 is 0.971 bits per heavy atom. The first-order valence-corrected chi connectivity index (χ1v) is 10.1. The Balaban J connectivity index is 0.000000304. The van der Waals surface area contributed by atoms with Gasteiger partial charge >= 0.3 is 52.4 Å². The second-order valence-electron chi connectivity index (χ2n) is 7.47. The van der Waals surface area contributed by atoms with Gasteiger partial charge < -0.3 is 34.3 Å². The molecule has 0 unspecified atom stereocenters. The van der Waals surface area contributed by atoms with Crippen LogP contribution in [-0.2, 0) is 65.2 Å². The van der Waals surface area contributed by atoms with Gasteiger partial charge in [0.05, 0.1) is 14.2 Å². The van der Waals surface area contributed by atoms with E-state index in [4.69, 9.17) is 9.47 Å². The Kier molecular flexibility index (Phi) is 12.5. The summed E-state index contributed by atoms with van der Waals surface area (Å²) in [5.41, 5.74) is 10.3. The van der Waals surface area contributed by atoms with Gasteiger partial charge in [-0.15, -0.1) is 23.3 Å². The van der Waals surface area contributed by atoms with Gasteiger partial charge in [-0.3, -0.25) is 0 Å². The molecule has 6 heteroatoms. The van der Waals surface area contributed by atoms with Crippen LogP contribution >= 0.6 is 0 Å². The van der Waals surface area contributed by atoms with Gasteiger partial charge in [0.15, 0.2) is 0 Å².